The van der Waals surface area contributed by atoms with Crippen LogP contribution in [-0.4, -0.2) is 11.4 Å². The van der Waals surface area contributed by atoms with E-state index in [-0.39, 0.29) is 4.08 Å². The van der Waals surface area contributed by atoms with Crippen molar-refractivity contribution < 1.29 is 5.11 Å². The van der Waals surface area contributed by atoms with Crippen molar-refractivity contribution in [1.29, 1.82) is 0 Å². The zero-order valence-electron chi connectivity index (χ0n) is 11.7. The van der Waals surface area contributed by atoms with E-state index < -0.39 is 0 Å². The molecule has 1 aliphatic rings. The normalized spacial score (nSPS) is 21.6. The van der Waals surface area contributed by atoms with E-state index in [1.54, 1.807) is 23.5 Å². The molecule has 0 fully saturated rings. The second-order valence-corrected chi connectivity index (χ2v) is 7.38. The molecule has 3 heteroatoms. The second kappa shape index (κ2) is 6.04. The van der Waals surface area contributed by atoms with Crippen molar-refractivity contribution >= 4 is 28.4 Å². The van der Waals surface area contributed by atoms with Gasteiger partial charge in [-0.05, 0) is 29.5 Å². The molecule has 2 aromatic carbocycles. The molecule has 1 unspecified atom stereocenters. The summed E-state index contributed by atoms with van der Waals surface area (Å²) in [5, 5.41) is 10.2. The molecule has 1 nitrogen and oxygen atoms in total. The number of thioether (sulfide) groups is 2. The summed E-state index contributed by atoms with van der Waals surface area (Å²) in [4.78, 5) is 1.09. The highest BCUT2D eigenvalue weighted by molar-refractivity contribution is 8.22. The lowest BCUT2D eigenvalue weighted by Gasteiger charge is -2.32. The minimum atomic E-state index is -0.286. The first kappa shape index (κ1) is 14.4. The van der Waals surface area contributed by atoms with E-state index in [4.69, 9.17) is 0 Å². The van der Waals surface area contributed by atoms with Gasteiger partial charge in [-0.3, -0.25) is 0 Å². The van der Waals surface area contributed by atoms with Crippen LogP contribution in [0.5, 0.6) is 0 Å². The highest BCUT2D eigenvalue weighted by Gasteiger charge is 2.34. The summed E-state index contributed by atoms with van der Waals surface area (Å²) in [7, 11) is 0. The fourth-order valence-corrected chi connectivity index (χ4v) is 4.78. The minimum Gasteiger partial charge on any atom is -0.508 e. The molecule has 2 aromatic rings. The number of allylic oxidation sites excluding steroid dienone is 1. The summed E-state index contributed by atoms with van der Waals surface area (Å²) in [5.41, 5.74) is 2.33. The molecular weight excluding hydrogens is 296 g/mol. The monoisotopic (exact) mass is 312 g/mol. The van der Waals surface area contributed by atoms with E-state index in [2.05, 4.69) is 30.5 Å². The van der Waals surface area contributed by atoms with Gasteiger partial charge in [0, 0.05) is 4.91 Å². The maximum absolute atomic E-state index is 10.2. The highest BCUT2D eigenvalue weighted by Crippen LogP contribution is 2.55. The molecule has 0 spiro atoms. The molecule has 1 atom stereocenters. The summed E-state index contributed by atoms with van der Waals surface area (Å²) in [6.45, 7) is 0. The first-order valence-electron chi connectivity index (χ1n) is 6.72. The molecule has 1 heterocycles. The van der Waals surface area contributed by atoms with Crippen molar-refractivity contribution in [3.8, 4) is 0 Å². The lowest BCUT2D eigenvalue weighted by atomic mass is 10.1. The Labute approximate surface area is 133 Å². The first-order chi connectivity index (χ1) is 10.2. The van der Waals surface area contributed by atoms with Crippen LogP contribution in [0.15, 0.2) is 78.6 Å². The molecule has 0 aromatic heterocycles. The molecule has 1 aliphatic heterocycles. The molecule has 0 aliphatic carbocycles. The number of aliphatic hydroxyl groups is 1. The zero-order valence-corrected chi connectivity index (χ0v) is 13.3. The van der Waals surface area contributed by atoms with Crippen molar-refractivity contribution in [1.82, 2.24) is 0 Å². The van der Waals surface area contributed by atoms with Gasteiger partial charge in [-0.2, -0.15) is 0 Å². The summed E-state index contributed by atoms with van der Waals surface area (Å²) in [5.74, 6) is 0.325. The van der Waals surface area contributed by atoms with Gasteiger partial charge < -0.3 is 5.11 Å². The summed E-state index contributed by atoms with van der Waals surface area (Å²) < 4.78 is -0.286. The van der Waals surface area contributed by atoms with Crippen LogP contribution in [0.25, 0.3) is 4.91 Å². The molecule has 1 N–H and O–H groups in total. The molecule has 0 saturated carbocycles. The summed E-state index contributed by atoms with van der Waals surface area (Å²) in [6, 6.07) is 20.5. The van der Waals surface area contributed by atoms with Crippen molar-refractivity contribution in [2.24, 2.45) is 0 Å². The third kappa shape index (κ3) is 2.89. The number of benzene rings is 2. The Morgan fingerprint density at radius 3 is 2.19 bits per heavy atom. The maximum atomic E-state index is 10.2. The van der Waals surface area contributed by atoms with E-state index >= 15 is 0 Å². The SMILES string of the molecule is CSC1(c2ccccc2)C=C(O)C=C(c2ccccc2)S1. The van der Waals surface area contributed by atoms with Gasteiger partial charge in [0.2, 0.25) is 0 Å². The second-order valence-electron chi connectivity index (χ2n) is 4.78. The van der Waals surface area contributed by atoms with Crippen LogP contribution in [0.3, 0.4) is 0 Å². The van der Waals surface area contributed by atoms with E-state index in [0.717, 1.165) is 10.5 Å². The number of aliphatic hydroxyl groups excluding tert-OH is 1. The number of hydrogen-bond acceptors (Lipinski definition) is 3. The lowest BCUT2D eigenvalue weighted by molar-refractivity contribution is 0.429. The fourth-order valence-electron chi connectivity index (χ4n) is 2.37. The van der Waals surface area contributed by atoms with Crippen LogP contribution < -0.4 is 0 Å². The average molecular weight is 312 g/mol. The fraction of sp³-hybridized carbons (Fsp3) is 0.111. The van der Waals surface area contributed by atoms with Gasteiger partial charge in [-0.15, -0.1) is 11.8 Å². The zero-order chi connectivity index (χ0) is 14.7. The Kier molecular flexibility index (Phi) is 4.13. The first-order valence-corrected chi connectivity index (χ1v) is 8.76. The van der Waals surface area contributed by atoms with Crippen LogP contribution in [0.4, 0.5) is 0 Å². The molecule has 0 bridgehead atoms. The molecule has 0 saturated heterocycles. The highest BCUT2D eigenvalue weighted by atomic mass is 32.2. The van der Waals surface area contributed by atoms with Crippen molar-refractivity contribution in [3.63, 3.8) is 0 Å². The predicted molar refractivity (Wildman–Crippen MR) is 94.4 cm³/mol. The number of hydrogen-bond donors (Lipinski definition) is 1. The summed E-state index contributed by atoms with van der Waals surface area (Å²) in [6.07, 6.45) is 5.86. The third-order valence-electron chi connectivity index (χ3n) is 3.42. The molecular formula is C18H16OS2. The van der Waals surface area contributed by atoms with Crippen LogP contribution in [0.2, 0.25) is 0 Å². The van der Waals surface area contributed by atoms with Crippen LogP contribution in [0, 0.1) is 0 Å². The Hall–Kier alpha value is -1.58. The quantitative estimate of drug-likeness (QED) is 0.816. The van der Waals surface area contributed by atoms with E-state index in [1.807, 2.05) is 48.6 Å². The minimum absolute atomic E-state index is 0.286. The standard InChI is InChI=1S/C18H16OS2/c1-20-18(15-10-6-3-7-11-15)13-16(19)12-17(21-18)14-8-4-2-5-9-14/h2-13,19H,1H3. The lowest BCUT2D eigenvalue weighted by Crippen LogP contribution is -2.17. The van der Waals surface area contributed by atoms with E-state index in [9.17, 15) is 5.11 Å². The summed E-state index contributed by atoms with van der Waals surface area (Å²) >= 11 is 3.51. The third-order valence-corrected chi connectivity index (χ3v) is 6.36. The van der Waals surface area contributed by atoms with Gasteiger partial charge in [-0.25, -0.2) is 0 Å². The van der Waals surface area contributed by atoms with Gasteiger partial charge in [0.25, 0.3) is 0 Å². The van der Waals surface area contributed by atoms with Gasteiger partial charge in [0.1, 0.15) is 9.84 Å². The number of rotatable bonds is 3. The van der Waals surface area contributed by atoms with Crippen LogP contribution in [-0.2, 0) is 4.08 Å². The topological polar surface area (TPSA) is 20.2 Å². The van der Waals surface area contributed by atoms with E-state index in [0.29, 0.717) is 5.76 Å². The Bertz CT molecular complexity index is 677. The van der Waals surface area contributed by atoms with Crippen molar-refractivity contribution in [3.05, 3.63) is 89.7 Å². The smallest absolute Gasteiger partial charge is 0.115 e. The molecule has 3 rings (SSSR count). The maximum Gasteiger partial charge on any atom is 0.115 e. The molecule has 21 heavy (non-hydrogen) atoms. The van der Waals surface area contributed by atoms with Crippen molar-refractivity contribution in [2.45, 2.75) is 4.08 Å². The van der Waals surface area contributed by atoms with Crippen LogP contribution in [0.1, 0.15) is 11.1 Å². The van der Waals surface area contributed by atoms with Gasteiger partial charge in [-0.1, -0.05) is 72.4 Å². The van der Waals surface area contributed by atoms with E-state index in [1.165, 1.54) is 5.56 Å². The largest absolute Gasteiger partial charge is 0.508 e. The molecule has 106 valence electrons. The predicted octanol–water partition coefficient (Wildman–Crippen LogP) is 5.43. The van der Waals surface area contributed by atoms with Gasteiger partial charge >= 0.3 is 0 Å². The average Bonchev–Trinajstić information content (AvgIpc) is 2.56. The molecule has 0 amide bonds. The van der Waals surface area contributed by atoms with Crippen LogP contribution >= 0.6 is 23.5 Å². The Balaban J connectivity index is 2.05. The molecule has 0 radical (unpaired) electrons. The van der Waals surface area contributed by atoms with Crippen molar-refractivity contribution in [2.75, 3.05) is 6.26 Å². The van der Waals surface area contributed by atoms with Gasteiger partial charge in [0.05, 0.1) is 0 Å². The Morgan fingerprint density at radius 2 is 1.57 bits per heavy atom. The van der Waals surface area contributed by atoms with Gasteiger partial charge in [0.15, 0.2) is 0 Å². The Morgan fingerprint density at radius 1 is 0.952 bits per heavy atom.